The molecule has 7 nitrogen and oxygen atoms in total. The average Bonchev–Trinajstić information content (AvgIpc) is 3.08. The van der Waals surface area contributed by atoms with Gasteiger partial charge in [0.2, 0.25) is 0 Å². The van der Waals surface area contributed by atoms with E-state index in [4.69, 9.17) is 22.1 Å². The third-order valence-corrected chi connectivity index (χ3v) is 4.39. The number of carbonyl (C=O) groups is 2. The SMILES string of the molecule is CC(=O)OCc1ccccc1C=Nc1n[nH]c(Cc2cccc(Cl)c2)c1C(N)=O. The quantitative estimate of drug-likeness (QED) is 0.458. The summed E-state index contributed by atoms with van der Waals surface area (Å²) in [7, 11) is 0. The fourth-order valence-corrected chi connectivity index (χ4v) is 3.01. The van der Waals surface area contributed by atoms with E-state index < -0.39 is 5.91 Å². The summed E-state index contributed by atoms with van der Waals surface area (Å²) in [6.45, 7) is 1.47. The summed E-state index contributed by atoms with van der Waals surface area (Å²) < 4.78 is 5.06. The van der Waals surface area contributed by atoms with Crippen LogP contribution in [0.1, 0.15) is 39.7 Å². The Kier molecular flexibility index (Phi) is 6.41. The minimum Gasteiger partial charge on any atom is -0.461 e. The molecular formula is C21H19ClN4O3. The lowest BCUT2D eigenvalue weighted by Crippen LogP contribution is -2.13. The molecule has 0 saturated carbocycles. The van der Waals surface area contributed by atoms with Crippen LogP contribution in [0.5, 0.6) is 0 Å². The second kappa shape index (κ2) is 9.16. The Labute approximate surface area is 172 Å². The first-order valence-corrected chi connectivity index (χ1v) is 9.18. The Bertz CT molecular complexity index is 1080. The second-order valence-electron chi connectivity index (χ2n) is 6.31. The highest BCUT2D eigenvalue weighted by Gasteiger charge is 2.18. The maximum Gasteiger partial charge on any atom is 0.302 e. The number of nitrogens with zero attached hydrogens (tertiary/aromatic N) is 2. The number of aromatic amines is 1. The number of carbonyl (C=O) groups excluding carboxylic acids is 2. The number of nitrogens with two attached hydrogens (primary N) is 1. The highest BCUT2D eigenvalue weighted by Crippen LogP contribution is 2.23. The number of primary amides is 1. The molecule has 0 spiro atoms. The van der Waals surface area contributed by atoms with Gasteiger partial charge in [0, 0.05) is 24.6 Å². The number of H-pyrrole nitrogens is 1. The largest absolute Gasteiger partial charge is 0.461 e. The van der Waals surface area contributed by atoms with Crippen LogP contribution in [-0.4, -0.2) is 28.3 Å². The molecule has 0 aliphatic carbocycles. The Morgan fingerprint density at radius 1 is 1.24 bits per heavy atom. The lowest BCUT2D eigenvalue weighted by atomic mass is 10.1. The van der Waals surface area contributed by atoms with Gasteiger partial charge in [-0.05, 0) is 28.8 Å². The van der Waals surface area contributed by atoms with Gasteiger partial charge in [0.15, 0.2) is 5.82 Å². The highest BCUT2D eigenvalue weighted by molar-refractivity contribution is 6.30. The number of aliphatic imine (C=N–C) groups is 1. The first-order valence-electron chi connectivity index (χ1n) is 8.81. The van der Waals surface area contributed by atoms with Crippen LogP contribution in [0.15, 0.2) is 53.5 Å². The van der Waals surface area contributed by atoms with Gasteiger partial charge in [0.1, 0.15) is 12.2 Å². The van der Waals surface area contributed by atoms with Crippen molar-refractivity contribution in [2.75, 3.05) is 0 Å². The van der Waals surface area contributed by atoms with Crippen molar-refractivity contribution in [3.05, 3.63) is 81.5 Å². The predicted molar refractivity (Wildman–Crippen MR) is 111 cm³/mol. The van der Waals surface area contributed by atoms with E-state index in [0.717, 1.165) is 16.7 Å². The lowest BCUT2D eigenvalue weighted by Gasteiger charge is -2.05. The summed E-state index contributed by atoms with van der Waals surface area (Å²) in [4.78, 5) is 27.4. The Hall–Kier alpha value is -3.45. The van der Waals surface area contributed by atoms with E-state index >= 15 is 0 Å². The van der Waals surface area contributed by atoms with Gasteiger partial charge in [-0.1, -0.05) is 48.0 Å². The topological polar surface area (TPSA) is 110 Å². The molecule has 0 saturated heterocycles. The second-order valence-corrected chi connectivity index (χ2v) is 6.75. The van der Waals surface area contributed by atoms with Gasteiger partial charge >= 0.3 is 5.97 Å². The standard InChI is InChI=1S/C21H19ClN4O3/c1-13(27)29-12-16-7-3-2-6-15(16)11-24-21-19(20(23)28)18(25-26-21)10-14-5-4-8-17(22)9-14/h2-9,11H,10,12H2,1H3,(H2,23,28)(H,25,26). The number of rotatable bonds is 7. The van der Waals surface area contributed by atoms with Crippen molar-refractivity contribution in [1.82, 2.24) is 10.2 Å². The molecule has 1 aromatic heterocycles. The molecule has 0 aliphatic rings. The molecule has 1 heterocycles. The minimum absolute atomic E-state index is 0.126. The molecule has 1 amide bonds. The number of ether oxygens (including phenoxy) is 1. The molecule has 0 atom stereocenters. The number of halogens is 1. The van der Waals surface area contributed by atoms with Gasteiger partial charge in [0.05, 0.1) is 5.69 Å². The van der Waals surface area contributed by atoms with Crippen LogP contribution in [0.2, 0.25) is 5.02 Å². The van der Waals surface area contributed by atoms with E-state index in [1.807, 2.05) is 36.4 Å². The Morgan fingerprint density at radius 3 is 2.76 bits per heavy atom. The van der Waals surface area contributed by atoms with Crippen molar-refractivity contribution in [2.45, 2.75) is 20.0 Å². The summed E-state index contributed by atoms with van der Waals surface area (Å²) >= 11 is 6.02. The molecule has 2 aromatic carbocycles. The monoisotopic (exact) mass is 410 g/mol. The molecule has 0 bridgehead atoms. The van der Waals surface area contributed by atoms with Crippen LogP contribution in [-0.2, 0) is 22.6 Å². The predicted octanol–water partition coefficient (Wildman–Crippen LogP) is 3.57. The summed E-state index contributed by atoms with van der Waals surface area (Å²) in [5.41, 5.74) is 8.77. The molecule has 3 rings (SSSR count). The number of amides is 1. The number of nitrogens with one attached hydrogen (secondary N) is 1. The van der Waals surface area contributed by atoms with Crippen molar-refractivity contribution >= 4 is 35.5 Å². The number of esters is 1. The highest BCUT2D eigenvalue weighted by atomic mass is 35.5. The summed E-state index contributed by atoms with van der Waals surface area (Å²) in [5.74, 6) is -0.807. The number of hydrogen-bond donors (Lipinski definition) is 2. The van der Waals surface area contributed by atoms with Crippen LogP contribution in [0.3, 0.4) is 0 Å². The first-order chi connectivity index (χ1) is 13.9. The van der Waals surface area contributed by atoms with Gasteiger partial charge in [-0.3, -0.25) is 14.7 Å². The summed E-state index contributed by atoms with van der Waals surface area (Å²) in [5, 5.41) is 7.57. The van der Waals surface area contributed by atoms with Crippen LogP contribution in [0.4, 0.5) is 5.82 Å². The zero-order valence-corrected chi connectivity index (χ0v) is 16.4. The smallest absolute Gasteiger partial charge is 0.302 e. The van der Waals surface area contributed by atoms with Crippen molar-refractivity contribution in [3.8, 4) is 0 Å². The van der Waals surface area contributed by atoms with E-state index in [1.54, 1.807) is 18.3 Å². The zero-order valence-electron chi connectivity index (χ0n) is 15.7. The third-order valence-electron chi connectivity index (χ3n) is 4.15. The molecule has 29 heavy (non-hydrogen) atoms. The van der Waals surface area contributed by atoms with Crippen molar-refractivity contribution < 1.29 is 14.3 Å². The maximum atomic E-state index is 12.0. The van der Waals surface area contributed by atoms with Crippen LogP contribution >= 0.6 is 11.6 Å². The van der Waals surface area contributed by atoms with Gasteiger partial charge in [-0.2, -0.15) is 5.10 Å². The van der Waals surface area contributed by atoms with Crippen LogP contribution in [0.25, 0.3) is 0 Å². The molecule has 0 fully saturated rings. The molecule has 0 unspecified atom stereocenters. The number of hydrogen-bond acceptors (Lipinski definition) is 5. The number of benzene rings is 2. The maximum absolute atomic E-state index is 12.0. The fourth-order valence-electron chi connectivity index (χ4n) is 2.80. The molecule has 8 heteroatoms. The minimum atomic E-state index is -0.629. The van der Waals surface area contributed by atoms with Gasteiger partial charge in [-0.15, -0.1) is 0 Å². The van der Waals surface area contributed by atoms with Crippen molar-refractivity contribution in [3.63, 3.8) is 0 Å². The lowest BCUT2D eigenvalue weighted by molar-refractivity contribution is -0.142. The number of aromatic nitrogens is 2. The molecule has 3 N–H and O–H groups in total. The van der Waals surface area contributed by atoms with Gasteiger partial charge in [-0.25, -0.2) is 4.99 Å². The van der Waals surface area contributed by atoms with E-state index in [0.29, 0.717) is 17.1 Å². The Balaban J connectivity index is 1.87. The van der Waals surface area contributed by atoms with E-state index in [2.05, 4.69) is 15.2 Å². The summed E-state index contributed by atoms with van der Waals surface area (Å²) in [6, 6.07) is 14.6. The summed E-state index contributed by atoms with van der Waals surface area (Å²) in [6.07, 6.45) is 1.97. The molecule has 0 aliphatic heterocycles. The molecule has 148 valence electrons. The molecule has 3 aromatic rings. The van der Waals surface area contributed by atoms with Crippen LogP contribution in [0, 0.1) is 0 Å². The van der Waals surface area contributed by atoms with Crippen molar-refractivity contribution in [1.29, 1.82) is 0 Å². The third kappa shape index (κ3) is 5.30. The first kappa shape index (κ1) is 20.3. The average molecular weight is 411 g/mol. The van der Waals surface area contributed by atoms with Crippen LogP contribution < -0.4 is 5.73 Å². The van der Waals surface area contributed by atoms with E-state index in [9.17, 15) is 9.59 Å². The van der Waals surface area contributed by atoms with E-state index in [-0.39, 0.29) is 24.0 Å². The normalized spacial score (nSPS) is 11.0. The zero-order chi connectivity index (χ0) is 20.8. The van der Waals surface area contributed by atoms with Gasteiger partial charge in [0.25, 0.3) is 5.91 Å². The Morgan fingerprint density at radius 2 is 2.03 bits per heavy atom. The molecule has 0 radical (unpaired) electrons. The van der Waals surface area contributed by atoms with Crippen molar-refractivity contribution in [2.24, 2.45) is 10.7 Å². The van der Waals surface area contributed by atoms with E-state index in [1.165, 1.54) is 6.92 Å². The van der Waals surface area contributed by atoms with Gasteiger partial charge < -0.3 is 10.5 Å². The molecular weight excluding hydrogens is 392 g/mol. The fraction of sp³-hybridized carbons (Fsp3) is 0.143.